The molecule has 39 heavy (non-hydrogen) atoms. The summed E-state index contributed by atoms with van der Waals surface area (Å²) >= 11 is 0. The zero-order valence-electron chi connectivity index (χ0n) is 21.8. The molecule has 0 aliphatic rings. The number of aromatic nitrogens is 1. The van der Waals surface area contributed by atoms with Gasteiger partial charge in [-0.2, -0.15) is 0 Å². The lowest BCUT2D eigenvalue weighted by Gasteiger charge is -2.32. The Hall–Kier alpha value is -4.48. The van der Waals surface area contributed by atoms with Gasteiger partial charge in [-0.1, -0.05) is 48.5 Å². The summed E-state index contributed by atoms with van der Waals surface area (Å²) in [6.45, 7) is 3.45. The number of carboxylic acid groups (broad SMARTS) is 1. The summed E-state index contributed by atoms with van der Waals surface area (Å²) in [5.74, 6) is -0.530. The Balaban J connectivity index is 1.74. The minimum Gasteiger partial charge on any atom is -0.464 e. The zero-order valence-corrected chi connectivity index (χ0v) is 21.8. The van der Waals surface area contributed by atoms with Crippen molar-refractivity contribution in [1.29, 1.82) is 0 Å². The summed E-state index contributed by atoms with van der Waals surface area (Å²) < 4.78 is 5.22. The summed E-state index contributed by atoms with van der Waals surface area (Å²) in [6.07, 6.45) is -1.27. The number of amides is 3. The van der Waals surface area contributed by atoms with E-state index in [0.29, 0.717) is 5.69 Å². The van der Waals surface area contributed by atoms with Gasteiger partial charge in [0.2, 0.25) is 0 Å². The molecule has 0 radical (unpaired) electrons. The molecule has 5 N–H and O–H groups in total. The number of hydrazine groups is 1. The summed E-state index contributed by atoms with van der Waals surface area (Å²) in [5.41, 5.74) is 4.12. The van der Waals surface area contributed by atoms with Crippen LogP contribution in [0.25, 0.3) is 0 Å². The Labute approximate surface area is 226 Å². The molecule has 11 heteroatoms. The van der Waals surface area contributed by atoms with Crippen LogP contribution in [-0.4, -0.2) is 63.0 Å². The normalized spacial score (nSPS) is 12.4. The molecule has 206 valence electrons. The van der Waals surface area contributed by atoms with Gasteiger partial charge in [-0.15, -0.1) is 0 Å². The highest BCUT2D eigenvalue weighted by Gasteiger charge is 2.27. The van der Waals surface area contributed by atoms with Crippen molar-refractivity contribution in [3.05, 3.63) is 95.8 Å². The van der Waals surface area contributed by atoms with Gasteiger partial charge >= 0.3 is 12.2 Å². The van der Waals surface area contributed by atoms with Gasteiger partial charge in [-0.25, -0.2) is 14.6 Å². The van der Waals surface area contributed by atoms with Crippen molar-refractivity contribution >= 4 is 23.8 Å². The lowest BCUT2D eigenvalue weighted by molar-refractivity contribution is 0.0378. The molecule has 2 aromatic carbocycles. The van der Waals surface area contributed by atoms with Crippen LogP contribution in [0.2, 0.25) is 0 Å². The molecule has 3 rings (SSSR count). The van der Waals surface area contributed by atoms with Crippen LogP contribution in [0.4, 0.5) is 15.3 Å². The molecule has 0 saturated carbocycles. The van der Waals surface area contributed by atoms with Gasteiger partial charge in [0.15, 0.2) is 0 Å². The molecule has 3 aromatic rings. The van der Waals surface area contributed by atoms with E-state index >= 15 is 0 Å². The van der Waals surface area contributed by atoms with Gasteiger partial charge in [0.1, 0.15) is 6.61 Å². The third-order valence-electron chi connectivity index (χ3n) is 5.81. The van der Waals surface area contributed by atoms with Crippen LogP contribution in [0.5, 0.6) is 0 Å². The maximum atomic E-state index is 13.4. The Morgan fingerprint density at radius 2 is 1.67 bits per heavy atom. The van der Waals surface area contributed by atoms with Gasteiger partial charge < -0.3 is 20.3 Å². The standard InChI is InChI=1S/C28H33N5O6/c1-19(2)33(32-27(36)37)17-25(34)24(16-20-10-4-3-5-11-20)30-26(35)22-13-6-7-14-23(22)31-28(38)39-18-21-12-8-9-15-29-21/h3-15,19,24-25,32,34H,16-18H2,1-2H3,(H,30,35)(H,31,38)(H,36,37)/t24-,25-/m0/s1. The molecule has 0 saturated heterocycles. The smallest absolute Gasteiger partial charge is 0.419 e. The molecule has 11 nitrogen and oxygen atoms in total. The number of carbonyl (C=O) groups excluding carboxylic acids is 2. The second kappa shape index (κ2) is 14.5. The number of pyridine rings is 1. The first-order valence-electron chi connectivity index (χ1n) is 12.4. The molecule has 2 atom stereocenters. The van der Waals surface area contributed by atoms with E-state index in [1.54, 1.807) is 62.5 Å². The summed E-state index contributed by atoms with van der Waals surface area (Å²) in [6, 6.07) is 20.0. The van der Waals surface area contributed by atoms with E-state index in [2.05, 4.69) is 21.0 Å². The number of nitrogens with one attached hydrogen (secondary N) is 3. The van der Waals surface area contributed by atoms with Gasteiger partial charge in [-0.3, -0.25) is 20.5 Å². The van der Waals surface area contributed by atoms with Gasteiger partial charge in [0, 0.05) is 18.8 Å². The number of carbonyl (C=O) groups is 3. The number of aliphatic hydroxyl groups is 1. The Kier molecular flexibility index (Phi) is 10.8. The van der Waals surface area contributed by atoms with Gasteiger partial charge in [-0.05, 0) is 50.1 Å². The average Bonchev–Trinajstić information content (AvgIpc) is 2.92. The molecule has 3 amide bonds. The number of ether oxygens (including phenoxy) is 1. The van der Waals surface area contributed by atoms with E-state index in [-0.39, 0.29) is 36.9 Å². The van der Waals surface area contributed by atoms with Crippen molar-refractivity contribution in [3.63, 3.8) is 0 Å². The lowest BCUT2D eigenvalue weighted by Crippen LogP contribution is -2.55. The number of benzene rings is 2. The summed E-state index contributed by atoms with van der Waals surface area (Å²) in [4.78, 5) is 41.1. The number of aliphatic hydroxyl groups excluding tert-OH is 1. The quantitative estimate of drug-likeness (QED) is 0.221. The number of hydrogen-bond donors (Lipinski definition) is 5. The molecule has 0 aliphatic carbocycles. The third kappa shape index (κ3) is 9.40. The molecule has 0 spiro atoms. The van der Waals surface area contributed by atoms with Crippen LogP contribution in [0.3, 0.4) is 0 Å². The number of anilines is 1. The van der Waals surface area contributed by atoms with Crippen LogP contribution >= 0.6 is 0 Å². The first-order valence-corrected chi connectivity index (χ1v) is 12.4. The topological polar surface area (TPSA) is 153 Å². The van der Waals surface area contributed by atoms with Crippen molar-refractivity contribution in [2.75, 3.05) is 11.9 Å². The van der Waals surface area contributed by atoms with Crippen molar-refractivity contribution < 1.29 is 29.3 Å². The second-order valence-corrected chi connectivity index (χ2v) is 9.07. The average molecular weight is 536 g/mol. The van der Waals surface area contributed by atoms with Crippen LogP contribution in [0, 0.1) is 0 Å². The minimum absolute atomic E-state index is 0.0386. The molecule has 0 fully saturated rings. The highest BCUT2D eigenvalue weighted by molar-refractivity contribution is 6.02. The maximum Gasteiger partial charge on any atom is 0.419 e. The van der Waals surface area contributed by atoms with Gasteiger partial charge in [0.25, 0.3) is 5.91 Å². The van der Waals surface area contributed by atoms with Crippen molar-refractivity contribution in [3.8, 4) is 0 Å². The predicted molar refractivity (Wildman–Crippen MR) is 145 cm³/mol. The molecule has 0 unspecified atom stereocenters. The molecular weight excluding hydrogens is 502 g/mol. The predicted octanol–water partition coefficient (Wildman–Crippen LogP) is 3.43. The van der Waals surface area contributed by atoms with Gasteiger partial charge in [0.05, 0.1) is 29.1 Å². The van der Waals surface area contributed by atoms with Crippen molar-refractivity contribution in [2.24, 2.45) is 0 Å². The molecule has 1 heterocycles. The van der Waals surface area contributed by atoms with E-state index in [1.807, 2.05) is 30.3 Å². The van der Waals surface area contributed by atoms with E-state index in [0.717, 1.165) is 5.56 Å². The van der Waals surface area contributed by atoms with E-state index in [1.165, 1.54) is 5.01 Å². The van der Waals surface area contributed by atoms with E-state index < -0.39 is 30.2 Å². The van der Waals surface area contributed by atoms with Crippen LogP contribution in [0.15, 0.2) is 79.0 Å². The number of para-hydroxylation sites is 1. The van der Waals surface area contributed by atoms with E-state index in [4.69, 9.17) is 9.84 Å². The third-order valence-corrected chi connectivity index (χ3v) is 5.81. The second-order valence-electron chi connectivity index (χ2n) is 9.07. The molecule has 1 aromatic heterocycles. The minimum atomic E-state index is -1.26. The summed E-state index contributed by atoms with van der Waals surface area (Å²) in [7, 11) is 0. The Morgan fingerprint density at radius 1 is 0.974 bits per heavy atom. The summed E-state index contributed by atoms with van der Waals surface area (Å²) in [5, 5.41) is 27.1. The molecule has 0 bridgehead atoms. The van der Waals surface area contributed by atoms with Crippen LogP contribution in [-0.2, 0) is 17.8 Å². The van der Waals surface area contributed by atoms with Crippen molar-refractivity contribution in [2.45, 2.75) is 45.1 Å². The van der Waals surface area contributed by atoms with E-state index in [9.17, 15) is 19.5 Å². The lowest BCUT2D eigenvalue weighted by atomic mass is 10.00. The fourth-order valence-electron chi connectivity index (χ4n) is 3.79. The fraction of sp³-hybridized carbons (Fsp3) is 0.286. The highest BCUT2D eigenvalue weighted by atomic mass is 16.5. The maximum absolute atomic E-state index is 13.4. The first kappa shape index (κ1) is 29.1. The monoisotopic (exact) mass is 535 g/mol. The highest BCUT2D eigenvalue weighted by Crippen LogP contribution is 2.17. The van der Waals surface area contributed by atoms with Crippen molar-refractivity contribution in [1.82, 2.24) is 20.7 Å². The molecule has 0 aliphatic heterocycles. The largest absolute Gasteiger partial charge is 0.464 e. The Morgan fingerprint density at radius 3 is 2.33 bits per heavy atom. The number of rotatable bonds is 12. The van der Waals surface area contributed by atoms with Crippen LogP contribution in [0.1, 0.15) is 35.5 Å². The first-order chi connectivity index (χ1) is 18.7. The SMILES string of the molecule is CC(C)N(C[C@H](O)[C@H](Cc1ccccc1)NC(=O)c1ccccc1NC(=O)OCc1ccccn1)NC(=O)O. The van der Waals surface area contributed by atoms with Crippen LogP contribution < -0.4 is 16.1 Å². The fourth-order valence-corrected chi connectivity index (χ4v) is 3.79. The number of nitrogens with zero attached hydrogens (tertiary/aromatic N) is 2. The Bertz CT molecular complexity index is 1230. The molecular formula is C28H33N5O6. The zero-order chi connectivity index (χ0) is 28.2. The number of hydrogen-bond acceptors (Lipinski definition) is 7.